The van der Waals surface area contributed by atoms with Crippen LogP contribution in [0.5, 0.6) is 0 Å². The van der Waals surface area contributed by atoms with Gasteiger partial charge in [0.2, 0.25) is 0 Å². The lowest BCUT2D eigenvalue weighted by molar-refractivity contribution is -0.141. The average molecular weight is 482 g/mol. The number of nitrogens with one attached hydrogen (secondary N) is 1. The predicted molar refractivity (Wildman–Crippen MR) is 119 cm³/mol. The smallest absolute Gasteiger partial charge is 0.361 e. The van der Waals surface area contributed by atoms with E-state index in [4.69, 9.17) is 0 Å². The predicted octanol–water partition coefficient (Wildman–Crippen LogP) is 3.91. The van der Waals surface area contributed by atoms with E-state index in [9.17, 15) is 22.7 Å². The normalized spacial score (nSPS) is 30.0. The molecule has 2 aliphatic carbocycles. The maximum atomic E-state index is 14.0. The third-order valence-electron chi connectivity index (χ3n) is 7.93. The first-order chi connectivity index (χ1) is 16.0. The van der Waals surface area contributed by atoms with E-state index in [1.54, 1.807) is 17.0 Å². The molecule has 1 saturated heterocycles. The number of hydrogen-bond donors (Lipinski definition) is 2. The zero-order chi connectivity index (χ0) is 24.3. The van der Waals surface area contributed by atoms with Gasteiger partial charge in [0.05, 0.1) is 0 Å². The molecule has 1 aliphatic heterocycles. The number of aliphatic hydroxyl groups excluding tert-OH is 1. The number of aromatic nitrogens is 2. The molecule has 1 aromatic heterocycles. The van der Waals surface area contributed by atoms with Crippen molar-refractivity contribution in [2.24, 2.45) is 5.92 Å². The van der Waals surface area contributed by atoms with Crippen LogP contribution in [0.3, 0.4) is 0 Å². The number of benzene rings is 1. The molecule has 6 nitrogen and oxygen atoms in total. The summed E-state index contributed by atoms with van der Waals surface area (Å²) in [6, 6.07) is 7.73. The Bertz CT molecular complexity index is 1040. The van der Waals surface area contributed by atoms with Crippen molar-refractivity contribution in [1.82, 2.24) is 20.0 Å². The highest BCUT2D eigenvalue weighted by Crippen LogP contribution is 2.47. The summed E-state index contributed by atoms with van der Waals surface area (Å²) in [6.07, 6.45) is -0.831. The Hall–Kier alpha value is -2.17. The minimum absolute atomic E-state index is 0.274. The molecule has 0 bridgehead atoms. The van der Waals surface area contributed by atoms with Crippen molar-refractivity contribution in [2.75, 3.05) is 25.5 Å². The molecule has 1 unspecified atom stereocenters. The number of rotatable bonds is 5. The minimum atomic E-state index is -4.54. The maximum absolute atomic E-state index is 14.0. The maximum Gasteiger partial charge on any atom is 0.435 e. The SMILES string of the molecule is CN(C)[C@]1(c2cccc(F)c2)CC[C@]2(CC1)CN(c1cc(C(F)(F)F)nn1CC1CC1)C(O)N2. The second-order valence-corrected chi connectivity index (χ2v) is 10.4. The van der Waals surface area contributed by atoms with Crippen LogP contribution in [0.15, 0.2) is 30.3 Å². The van der Waals surface area contributed by atoms with Gasteiger partial charge in [-0.3, -0.25) is 10.2 Å². The number of hydrogen-bond acceptors (Lipinski definition) is 5. The van der Waals surface area contributed by atoms with Crippen LogP contribution in [0.4, 0.5) is 23.4 Å². The summed E-state index contributed by atoms with van der Waals surface area (Å²) >= 11 is 0. The fraction of sp³-hybridized carbons (Fsp3) is 0.625. The van der Waals surface area contributed by atoms with Gasteiger partial charge < -0.3 is 10.0 Å². The Morgan fingerprint density at radius 1 is 1.15 bits per heavy atom. The lowest BCUT2D eigenvalue weighted by atomic mass is 9.69. The van der Waals surface area contributed by atoms with Crippen LogP contribution >= 0.6 is 0 Å². The molecule has 0 radical (unpaired) electrons. The number of alkyl halides is 3. The number of nitrogens with zero attached hydrogens (tertiary/aromatic N) is 4. The highest BCUT2D eigenvalue weighted by atomic mass is 19.4. The number of aliphatic hydroxyl groups is 1. The Labute approximate surface area is 196 Å². The quantitative estimate of drug-likeness (QED) is 0.635. The summed E-state index contributed by atoms with van der Waals surface area (Å²) in [6.45, 7) is 0.805. The molecule has 34 heavy (non-hydrogen) atoms. The van der Waals surface area contributed by atoms with Crippen LogP contribution in [-0.4, -0.2) is 52.3 Å². The molecule has 3 fully saturated rings. The minimum Gasteiger partial charge on any atom is -0.361 e. The molecule has 1 aromatic carbocycles. The summed E-state index contributed by atoms with van der Waals surface area (Å²) in [5.41, 5.74) is -0.804. The molecule has 3 aliphatic rings. The highest BCUT2D eigenvalue weighted by Gasteiger charge is 2.51. The summed E-state index contributed by atoms with van der Waals surface area (Å²) in [5.74, 6) is 0.359. The van der Waals surface area contributed by atoms with Crippen LogP contribution in [0, 0.1) is 11.7 Å². The zero-order valence-electron chi connectivity index (χ0n) is 19.4. The van der Waals surface area contributed by atoms with E-state index in [-0.39, 0.29) is 11.4 Å². The van der Waals surface area contributed by atoms with Gasteiger partial charge in [0.25, 0.3) is 0 Å². The highest BCUT2D eigenvalue weighted by molar-refractivity contribution is 5.45. The molecule has 0 amide bonds. The van der Waals surface area contributed by atoms with Gasteiger partial charge in [0.15, 0.2) is 12.0 Å². The fourth-order valence-electron chi connectivity index (χ4n) is 5.69. The van der Waals surface area contributed by atoms with Crippen molar-refractivity contribution < 1.29 is 22.7 Å². The molecule has 5 rings (SSSR count). The summed E-state index contributed by atoms with van der Waals surface area (Å²) < 4.78 is 55.6. The molecule has 2 aromatic rings. The Morgan fingerprint density at radius 2 is 1.85 bits per heavy atom. The van der Waals surface area contributed by atoms with E-state index < -0.39 is 23.8 Å². The molecule has 2 heterocycles. The van der Waals surface area contributed by atoms with Gasteiger partial charge in [-0.1, -0.05) is 12.1 Å². The van der Waals surface area contributed by atoms with Crippen molar-refractivity contribution in [3.8, 4) is 0 Å². The van der Waals surface area contributed by atoms with E-state index in [1.165, 1.54) is 10.7 Å². The summed E-state index contributed by atoms with van der Waals surface area (Å²) in [5, 5.41) is 18.0. The first-order valence-electron chi connectivity index (χ1n) is 11.8. The lowest BCUT2D eigenvalue weighted by Crippen LogP contribution is -2.54. The monoisotopic (exact) mass is 481 g/mol. The standard InChI is InChI=1S/C24H31F4N5O/c1-31(2)23(17-4-3-5-18(25)12-17)10-8-22(9-11-23)15-32(21(34)29-22)20-13-19(24(26,27)28)30-33(20)14-16-6-7-16/h3-5,12-13,16,21,29,34H,6-11,14-15H2,1-2H3/t21?,22-,23+. The topological polar surface area (TPSA) is 56.6 Å². The molecular weight excluding hydrogens is 450 g/mol. The first kappa shape index (κ1) is 23.6. The van der Waals surface area contributed by atoms with Gasteiger partial charge in [0, 0.05) is 30.2 Å². The van der Waals surface area contributed by atoms with E-state index >= 15 is 0 Å². The molecule has 2 N–H and O–H groups in total. The van der Waals surface area contributed by atoms with Gasteiger partial charge in [-0.2, -0.15) is 18.3 Å². The molecule has 1 spiro atoms. The summed E-state index contributed by atoms with van der Waals surface area (Å²) in [4.78, 5) is 3.73. The Kier molecular flexibility index (Phi) is 5.69. The van der Waals surface area contributed by atoms with Crippen molar-refractivity contribution in [3.05, 3.63) is 47.4 Å². The number of halogens is 4. The van der Waals surface area contributed by atoms with Crippen molar-refractivity contribution in [3.63, 3.8) is 0 Å². The lowest BCUT2D eigenvalue weighted by Gasteiger charge is -2.49. The largest absolute Gasteiger partial charge is 0.435 e. The van der Waals surface area contributed by atoms with Gasteiger partial charge >= 0.3 is 6.18 Å². The van der Waals surface area contributed by atoms with Crippen molar-refractivity contribution >= 4 is 5.82 Å². The second-order valence-electron chi connectivity index (χ2n) is 10.4. The molecular formula is C24H31F4N5O. The van der Waals surface area contributed by atoms with Crippen molar-refractivity contribution in [1.29, 1.82) is 0 Å². The van der Waals surface area contributed by atoms with Gasteiger partial charge in [-0.15, -0.1) is 0 Å². The number of anilines is 1. The van der Waals surface area contributed by atoms with Crippen LogP contribution in [0.25, 0.3) is 0 Å². The van der Waals surface area contributed by atoms with Crippen LogP contribution in [0.2, 0.25) is 0 Å². The van der Waals surface area contributed by atoms with Crippen molar-refractivity contribution in [2.45, 2.75) is 68.7 Å². The van der Waals surface area contributed by atoms with E-state index in [0.717, 1.165) is 37.3 Å². The van der Waals surface area contributed by atoms with E-state index in [1.807, 2.05) is 20.2 Å². The van der Waals surface area contributed by atoms with E-state index in [0.29, 0.717) is 37.7 Å². The molecule has 10 heteroatoms. The Balaban J connectivity index is 1.39. The molecule has 2 saturated carbocycles. The van der Waals surface area contributed by atoms with Crippen LogP contribution in [0.1, 0.15) is 49.8 Å². The van der Waals surface area contributed by atoms with Gasteiger partial charge in [-0.05, 0) is 76.2 Å². The van der Waals surface area contributed by atoms with Crippen LogP contribution in [-0.2, 0) is 18.3 Å². The third-order valence-corrected chi connectivity index (χ3v) is 7.93. The third kappa shape index (κ3) is 4.20. The van der Waals surface area contributed by atoms with Gasteiger partial charge in [-0.25, -0.2) is 9.07 Å². The molecule has 186 valence electrons. The average Bonchev–Trinajstić information content (AvgIpc) is 3.38. The zero-order valence-corrected chi connectivity index (χ0v) is 19.4. The van der Waals surface area contributed by atoms with Gasteiger partial charge in [0.1, 0.15) is 11.6 Å². The second kappa shape index (κ2) is 8.20. The Morgan fingerprint density at radius 3 is 2.44 bits per heavy atom. The fourth-order valence-corrected chi connectivity index (χ4v) is 5.69. The first-order valence-corrected chi connectivity index (χ1v) is 11.8. The van der Waals surface area contributed by atoms with E-state index in [2.05, 4.69) is 15.3 Å². The molecule has 1 atom stereocenters. The summed E-state index contributed by atoms with van der Waals surface area (Å²) in [7, 11) is 3.97. The van der Waals surface area contributed by atoms with Crippen LogP contribution < -0.4 is 10.2 Å².